The van der Waals surface area contributed by atoms with E-state index in [2.05, 4.69) is 5.32 Å². The Morgan fingerprint density at radius 1 is 1.17 bits per heavy atom. The summed E-state index contributed by atoms with van der Waals surface area (Å²) in [6.45, 7) is 3.54. The molecule has 0 aliphatic rings. The minimum atomic E-state index is -4.59. The Hall–Kier alpha value is -2.05. The highest BCUT2D eigenvalue weighted by atomic mass is 19.4. The molecule has 23 heavy (non-hydrogen) atoms. The van der Waals surface area contributed by atoms with E-state index in [0.29, 0.717) is 0 Å². The number of halogens is 3. The molecule has 1 aromatic rings. The van der Waals surface area contributed by atoms with Gasteiger partial charge in [-0.25, -0.2) is 4.79 Å². The highest BCUT2D eigenvalue weighted by Gasteiger charge is 2.42. The number of hydrogen-bond acceptors (Lipinski definition) is 2. The molecule has 0 aliphatic carbocycles. The van der Waals surface area contributed by atoms with Crippen molar-refractivity contribution in [3.05, 3.63) is 35.9 Å². The molecule has 7 heteroatoms. The van der Waals surface area contributed by atoms with Gasteiger partial charge in [0.25, 0.3) is 0 Å². The van der Waals surface area contributed by atoms with Crippen LogP contribution in [-0.2, 0) is 9.59 Å². The molecule has 0 bridgehead atoms. The van der Waals surface area contributed by atoms with Crippen LogP contribution in [0.15, 0.2) is 30.3 Å². The molecule has 2 N–H and O–H groups in total. The Morgan fingerprint density at radius 2 is 1.74 bits per heavy atom. The molecule has 0 fully saturated rings. The van der Waals surface area contributed by atoms with E-state index in [-0.39, 0.29) is 17.9 Å². The number of rotatable bonds is 7. The number of aliphatic carboxylic acids is 1. The smallest absolute Gasteiger partial charge is 0.396 e. The van der Waals surface area contributed by atoms with Crippen molar-refractivity contribution in [2.75, 3.05) is 0 Å². The molecule has 0 radical (unpaired) electrons. The lowest BCUT2D eigenvalue weighted by Gasteiger charge is -2.22. The lowest BCUT2D eigenvalue weighted by Crippen LogP contribution is -2.42. The molecule has 1 aromatic carbocycles. The number of alkyl halides is 3. The van der Waals surface area contributed by atoms with Gasteiger partial charge in [0.1, 0.15) is 6.04 Å². The van der Waals surface area contributed by atoms with Crippen LogP contribution >= 0.6 is 0 Å². The number of hydrogen-bond donors (Lipinski definition) is 2. The molecule has 2 atom stereocenters. The summed E-state index contributed by atoms with van der Waals surface area (Å²) >= 11 is 0. The molecule has 0 aliphatic heterocycles. The van der Waals surface area contributed by atoms with Crippen LogP contribution in [0.2, 0.25) is 0 Å². The number of nitrogens with one attached hydrogen (secondary N) is 1. The quantitative estimate of drug-likeness (QED) is 0.805. The summed E-state index contributed by atoms with van der Waals surface area (Å²) in [4.78, 5) is 23.0. The molecular formula is C16H20F3NO3. The molecule has 0 saturated heterocycles. The van der Waals surface area contributed by atoms with Crippen molar-refractivity contribution in [1.82, 2.24) is 5.32 Å². The zero-order valence-corrected chi connectivity index (χ0v) is 12.9. The van der Waals surface area contributed by atoms with Crippen LogP contribution in [0.4, 0.5) is 13.2 Å². The van der Waals surface area contributed by atoms with Gasteiger partial charge >= 0.3 is 12.1 Å². The summed E-state index contributed by atoms with van der Waals surface area (Å²) in [7, 11) is 0. The van der Waals surface area contributed by atoms with E-state index in [0.717, 1.165) is 0 Å². The second-order valence-corrected chi connectivity index (χ2v) is 5.80. The van der Waals surface area contributed by atoms with Gasteiger partial charge < -0.3 is 10.4 Å². The minimum absolute atomic E-state index is 0.0102. The van der Waals surface area contributed by atoms with Gasteiger partial charge in [0, 0.05) is 6.42 Å². The maximum atomic E-state index is 13.2. The monoisotopic (exact) mass is 331 g/mol. The molecule has 128 valence electrons. The van der Waals surface area contributed by atoms with Gasteiger partial charge in [-0.05, 0) is 17.9 Å². The van der Waals surface area contributed by atoms with E-state index in [9.17, 15) is 22.8 Å². The van der Waals surface area contributed by atoms with Crippen molar-refractivity contribution >= 4 is 11.9 Å². The van der Waals surface area contributed by atoms with Gasteiger partial charge in [0.2, 0.25) is 5.91 Å². The number of carboxylic acid groups (broad SMARTS) is 1. The van der Waals surface area contributed by atoms with E-state index in [1.807, 2.05) is 0 Å². The lowest BCUT2D eigenvalue weighted by molar-refractivity contribution is -0.158. The van der Waals surface area contributed by atoms with Gasteiger partial charge in [-0.2, -0.15) is 13.2 Å². The topological polar surface area (TPSA) is 66.4 Å². The highest BCUT2D eigenvalue weighted by molar-refractivity contribution is 5.84. The van der Waals surface area contributed by atoms with E-state index < -0.39 is 36.4 Å². The van der Waals surface area contributed by atoms with Gasteiger partial charge in [-0.1, -0.05) is 44.2 Å². The first kappa shape index (κ1) is 19.0. The Kier molecular flexibility index (Phi) is 6.60. The van der Waals surface area contributed by atoms with Crippen LogP contribution in [0.25, 0.3) is 0 Å². The minimum Gasteiger partial charge on any atom is -0.480 e. The maximum Gasteiger partial charge on any atom is 0.396 e. The van der Waals surface area contributed by atoms with Gasteiger partial charge in [-0.15, -0.1) is 0 Å². The van der Waals surface area contributed by atoms with Gasteiger partial charge in [0.05, 0.1) is 5.92 Å². The van der Waals surface area contributed by atoms with Crippen molar-refractivity contribution in [2.45, 2.75) is 44.8 Å². The molecule has 1 amide bonds. The fourth-order valence-electron chi connectivity index (χ4n) is 2.24. The van der Waals surface area contributed by atoms with Crippen LogP contribution in [-0.4, -0.2) is 29.2 Å². The van der Waals surface area contributed by atoms with Crippen LogP contribution in [0, 0.1) is 5.92 Å². The largest absolute Gasteiger partial charge is 0.480 e. The summed E-state index contributed by atoms with van der Waals surface area (Å²) in [5.41, 5.74) is -0.0223. The van der Waals surface area contributed by atoms with Crippen LogP contribution in [0.5, 0.6) is 0 Å². The average molecular weight is 331 g/mol. The third kappa shape index (κ3) is 6.30. The fraction of sp³-hybridized carbons (Fsp3) is 0.500. The SMILES string of the molecule is CC(C)CC(NC(=O)CC(c1ccccc1)C(F)(F)F)C(=O)O. The molecule has 0 saturated carbocycles. The number of amides is 1. The summed E-state index contributed by atoms with van der Waals surface area (Å²) in [6, 6.07) is 5.92. The average Bonchev–Trinajstić information content (AvgIpc) is 2.43. The molecule has 2 unspecified atom stereocenters. The third-order valence-electron chi connectivity index (χ3n) is 3.33. The molecular weight excluding hydrogens is 311 g/mol. The van der Waals surface area contributed by atoms with Crippen LogP contribution < -0.4 is 5.32 Å². The summed E-state index contributed by atoms with van der Waals surface area (Å²) in [5.74, 6) is -4.15. The van der Waals surface area contributed by atoms with Crippen molar-refractivity contribution < 1.29 is 27.9 Å². The molecule has 0 heterocycles. The third-order valence-corrected chi connectivity index (χ3v) is 3.33. The second-order valence-electron chi connectivity index (χ2n) is 5.80. The summed E-state index contributed by atoms with van der Waals surface area (Å²) in [6.07, 6.45) is -5.27. The molecule has 0 aromatic heterocycles. The van der Waals surface area contributed by atoms with Crippen LogP contribution in [0.1, 0.15) is 38.2 Å². The highest BCUT2D eigenvalue weighted by Crippen LogP contribution is 2.37. The number of carbonyl (C=O) groups excluding carboxylic acids is 1. The number of benzene rings is 1. The lowest BCUT2D eigenvalue weighted by atomic mass is 9.94. The first-order valence-electron chi connectivity index (χ1n) is 7.25. The van der Waals surface area contributed by atoms with E-state index in [1.54, 1.807) is 19.9 Å². The van der Waals surface area contributed by atoms with Crippen molar-refractivity contribution in [2.24, 2.45) is 5.92 Å². The standard InChI is InChI=1S/C16H20F3NO3/c1-10(2)8-13(15(22)23)20-14(21)9-12(16(17,18)19)11-6-4-3-5-7-11/h3-7,10,12-13H,8-9H2,1-2H3,(H,20,21)(H,22,23). The predicted molar refractivity (Wildman–Crippen MR) is 78.9 cm³/mol. The van der Waals surface area contributed by atoms with Crippen molar-refractivity contribution in [3.8, 4) is 0 Å². The first-order valence-corrected chi connectivity index (χ1v) is 7.25. The number of carboxylic acids is 1. The predicted octanol–water partition coefficient (Wildman–Crippen LogP) is 3.34. The van der Waals surface area contributed by atoms with Crippen LogP contribution in [0.3, 0.4) is 0 Å². The molecule has 1 rings (SSSR count). The molecule has 4 nitrogen and oxygen atoms in total. The second kappa shape index (κ2) is 7.99. The Labute approximate surface area is 132 Å². The van der Waals surface area contributed by atoms with Crippen molar-refractivity contribution in [1.29, 1.82) is 0 Å². The Balaban J connectivity index is 2.84. The van der Waals surface area contributed by atoms with Gasteiger partial charge in [0.15, 0.2) is 0 Å². The Bertz CT molecular complexity index is 529. The first-order chi connectivity index (χ1) is 10.6. The van der Waals surface area contributed by atoms with E-state index >= 15 is 0 Å². The zero-order chi connectivity index (χ0) is 17.6. The normalized spacial score (nSPS) is 14.3. The zero-order valence-electron chi connectivity index (χ0n) is 12.9. The summed E-state index contributed by atoms with van der Waals surface area (Å²) in [5, 5.41) is 11.2. The van der Waals surface area contributed by atoms with E-state index in [1.165, 1.54) is 24.3 Å². The van der Waals surface area contributed by atoms with Gasteiger partial charge in [-0.3, -0.25) is 4.79 Å². The molecule has 0 spiro atoms. The number of carbonyl (C=O) groups is 2. The van der Waals surface area contributed by atoms with E-state index in [4.69, 9.17) is 5.11 Å². The maximum absolute atomic E-state index is 13.2. The summed E-state index contributed by atoms with van der Waals surface area (Å²) < 4.78 is 39.5. The van der Waals surface area contributed by atoms with Crippen molar-refractivity contribution in [3.63, 3.8) is 0 Å². The Morgan fingerprint density at radius 3 is 2.17 bits per heavy atom. The fourth-order valence-corrected chi connectivity index (χ4v) is 2.24.